The Kier molecular flexibility index (Phi) is 6.05. The van der Waals surface area contributed by atoms with Crippen molar-refractivity contribution >= 4 is 43.8 Å². The van der Waals surface area contributed by atoms with Gasteiger partial charge in [0.1, 0.15) is 0 Å². The summed E-state index contributed by atoms with van der Waals surface area (Å²) in [4.78, 5) is 0. The Morgan fingerprint density at radius 3 is 2.52 bits per heavy atom. The molecule has 6 heteroatoms. The summed E-state index contributed by atoms with van der Waals surface area (Å²) in [6.45, 7) is 17.7. The molecule has 1 heterocycles. The molecule has 3 rings (SSSR count). The third-order valence-corrected chi connectivity index (χ3v) is 10.3. The van der Waals surface area contributed by atoms with Crippen molar-refractivity contribution in [2.24, 2.45) is 0 Å². The SMILES string of the molecule is CC1(Oc2ccc3c(c2)[c]([Sn][C](C)(C)C)nn3COCC[Si](C)(C)C)CC1. The number of fused-ring (bicyclic) bond motifs is 1. The zero-order valence-electron chi connectivity index (χ0n) is 18.0. The number of hydrogen-bond donors (Lipinski definition) is 0. The Bertz CT molecular complexity index is 801. The molecule has 1 aromatic carbocycles. The molecule has 1 aliphatic rings. The molecule has 0 atom stereocenters. The minimum atomic E-state index is -1.06. The van der Waals surface area contributed by atoms with E-state index in [1.165, 1.54) is 20.7 Å². The number of hydrogen-bond acceptors (Lipinski definition) is 3. The fourth-order valence-electron chi connectivity index (χ4n) is 2.86. The third-order valence-electron chi connectivity index (χ3n) is 4.74. The summed E-state index contributed by atoms with van der Waals surface area (Å²) in [5.74, 6) is 0.983. The summed E-state index contributed by atoms with van der Waals surface area (Å²) in [5, 5.41) is 6.26. The van der Waals surface area contributed by atoms with Crippen LogP contribution >= 0.6 is 0 Å². The Balaban J connectivity index is 1.82. The summed E-state index contributed by atoms with van der Waals surface area (Å²) in [6.07, 6.45) is 2.31. The topological polar surface area (TPSA) is 36.3 Å². The van der Waals surface area contributed by atoms with Crippen LogP contribution in [-0.4, -0.2) is 51.2 Å². The molecule has 1 aliphatic carbocycles. The van der Waals surface area contributed by atoms with Crippen LogP contribution in [0.4, 0.5) is 0 Å². The zero-order chi connectivity index (χ0) is 19.9. The molecule has 148 valence electrons. The molecule has 0 aliphatic heterocycles. The van der Waals surface area contributed by atoms with E-state index in [0.29, 0.717) is 10.2 Å². The third kappa shape index (κ3) is 6.22. The number of ether oxygens (including phenoxy) is 2. The van der Waals surface area contributed by atoms with E-state index < -0.39 is 29.2 Å². The van der Waals surface area contributed by atoms with Crippen molar-refractivity contribution < 1.29 is 9.47 Å². The van der Waals surface area contributed by atoms with Gasteiger partial charge in [-0.25, -0.2) is 0 Å². The van der Waals surface area contributed by atoms with Gasteiger partial charge in [0.2, 0.25) is 0 Å². The molecule has 0 N–H and O–H groups in total. The van der Waals surface area contributed by atoms with Gasteiger partial charge in [0, 0.05) is 0 Å². The second-order valence-electron chi connectivity index (χ2n) is 10.3. The second-order valence-corrected chi connectivity index (χ2v) is 22.3. The number of nitrogens with zero attached hydrogens (tertiary/aromatic N) is 2. The van der Waals surface area contributed by atoms with Crippen LogP contribution in [0.1, 0.15) is 40.5 Å². The monoisotopic (exact) mass is 494 g/mol. The molecule has 1 fully saturated rings. The van der Waals surface area contributed by atoms with Gasteiger partial charge in [-0.15, -0.1) is 0 Å². The van der Waals surface area contributed by atoms with Gasteiger partial charge in [0.15, 0.2) is 0 Å². The summed E-state index contributed by atoms with van der Waals surface area (Å²) in [6, 6.07) is 7.66. The molecule has 0 spiro atoms. The molecular formula is C21H34N2O2SiSn. The van der Waals surface area contributed by atoms with E-state index >= 15 is 0 Å². The summed E-state index contributed by atoms with van der Waals surface area (Å²) >= 11 is -0.826. The molecule has 1 saturated carbocycles. The standard InChI is InChI=1S/C17H25N2O2Si.C4H9.Sn/c1-17(7-8-17)21-15-5-6-16-14(11-15)12-18-19(16)13-20-9-10-22(2,3)4;1-4(2)3;/h5-6,11H,7-10,13H2,1-4H3;1-3H3;. The van der Waals surface area contributed by atoms with Crippen LogP contribution in [0.3, 0.4) is 0 Å². The van der Waals surface area contributed by atoms with Gasteiger partial charge in [-0.05, 0) is 0 Å². The van der Waals surface area contributed by atoms with Gasteiger partial charge in [-0.2, -0.15) is 0 Å². The van der Waals surface area contributed by atoms with Crippen molar-refractivity contribution in [2.45, 2.75) is 82.0 Å². The van der Waals surface area contributed by atoms with Crippen LogP contribution in [-0.2, 0) is 11.5 Å². The molecule has 2 radical (unpaired) electrons. The summed E-state index contributed by atoms with van der Waals surface area (Å²) < 4.78 is 15.9. The molecule has 4 nitrogen and oxygen atoms in total. The first-order valence-corrected chi connectivity index (χ1v) is 16.6. The first-order chi connectivity index (χ1) is 12.4. The van der Waals surface area contributed by atoms with E-state index in [1.807, 2.05) is 0 Å². The van der Waals surface area contributed by atoms with Crippen molar-refractivity contribution in [2.75, 3.05) is 6.61 Å². The van der Waals surface area contributed by atoms with Crippen molar-refractivity contribution in [1.29, 1.82) is 0 Å². The van der Waals surface area contributed by atoms with E-state index in [0.717, 1.165) is 25.2 Å². The Morgan fingerprint density at radius 1 is 1.22 bits per heavy atom. The zero-order valence-corrected chi connectivity index (χ0v) is 21.8. The second kappa shape index (κ2) is 7.71. The Hall–Kier alpha value is -0.534. The predicted molar refractivity (Wildman–Crippen MR) is 117 cm³/mol. The van der Waals surface area contributed by atoms with Crippen LogP contribution in [0.25, 0.3) is 10.9 Å². The molecule has 0 bridgehead atoms. The van der Waals surface area contributed by atoms with Crippen LogP contribution in [0.5, 0.6) is 5.75 Å². The summed E-state index contributed by atoms with van der Waals surface area (Å²) in [5.41, 5.74) is 1.23. The number of benzene rings is 1. The van der Waals surface area contributed by atoms with Gasteiger partial charge in [-0.3, -0.25) is 0 Å². The normalized spacial score (nSPS) is 16.7. The number of rotatable bonds is 8. The van der Waals surface area contributed by atoms with E-state index in [1.54, 1.807) is 0 Å². The first-order valence-electron chi connectivity index (χ1n) is 10.00. The minimum absolute atomic E-state index is 0.0494. The fraction of sp³-hybridized carbons (Fsp3) is 0.667. The Morgan fingerprint density at radius 2 is 1.93 bits per heavy atom. The van der Waals surface area contributed by atoms with Crippen molar-refractivity contribution in [1.82, 2.24) is 9.78 Å². The van der Waals surface area contributed by atoms with Gasteiger partial charge in [-0.1, -0.05) is 0 Å². The Labute approximate surface area is 175 Å². The number of aromatic nitrogens is 2. The average molecular weight is 493 g/mol. The van der Waals surface area contributed by atoms with Crippen LogP contribution in [0, 0.1) is 0 Å². The van der Waals surface area contributed by atoms with Crippen LogP contribution in [0.15, 0.2) is 18.2 Å². The quantitative estimate of drug-likeness (QED) is 0.391. The molecule has 0 saturated heterocycles. The first kappa shape index (κ1) is 21.2. The van der Waals surface area contributed by atoms with E-state index in [-0.39, 0.29) is 5.60 Å². The van der Waals surface area contributed by atoms with Gasteiger partial charge in [0.25, 0.3) is 0 Å². The van der Waals surface area contributed by atoms with Gasteiger partial charge < -0.3 is 0 Å². The fourth-order valence-corrected chi connectivity index (χ4v) is 7.09. The van der Waals surface area contributed by atoms with Gasteiger partial charge >= 0.3 is 176 Å². The van der Waals surface area contributed by atoms with Crippen molar-refractivity contribution in [3.63, 3.8) is 0 Å². The van der Waals surface area contributed by atoms with Crippen molar-refractivity contribution in [3.05, 3.63) is 18.2 Å². The van der Waals surface area contributed by atoms with Gasteiger partial charge in [0.05, 0.1) is 0 Å². The molecule has 0 unspecified atom stereocenters. The molecule has 27 heavy (non-hydrogen) atoms. The van der Waals surface area contributed by atoms with Crippen LogP contribution in [0.2, 0.25) is 29.1 Å². The molecule has 0 amide bonds. The summed E-state index contributed by atoms with van der Waals surface area (Å²) in [7, 11) is -1.06. The van der Waals surface area contributed by atoms with Crippen LogP contribution < -0.4 is 8.45 Å². The predicted octanol–water partition coefficient (Wildman–Crippen LogP) is 4.83. The van der Waals surface area contributed by atoms with E-state index in [4.69, 9.17) is 14.6 Å². The molecular weight excluding hydrogens is 459 g/mol. The average Bonchev–Trinajstić information content (AvgIpc) is 3.14. The maximum absolute atomic E-state index is 6.21. The van der Waals surface area contributed by atoms with Crippen molar-refractivity contribution in [3.8, 4) is 5.75 Å². The maximum atomic E-state index is 6.21. The molecule has 2 aromatic rings. The molecule has 1 aromatic heterocycles. The van der Waals surface area contributed by atoms with E-state index in [9.17, 15) is 0 Å². The van der Waals surface area contributed by atoms with E-state index in [2.05, 4.69) is 70.2 Å².